The predicted octanol–water partition coefficient (Wildman–Crippen LogP) is 5.23. The molecule has 3 aromatic carbocycles. The number of rotatable bonds is 9. The normalized spacial score (nSPS) is 13.6. The molecule has 0 radical (unpaired) electrons. The highest BCUT2D eigenvalue weighted by molar-refractivity contribution is 5.76. The van der Waals surface area contributed by atoms with Crippen LogP contribution in [0.3, 0.4) is 0 Å². The zero-order valence-corrected chi connectivity index (χ0v) is 19.4. The van der Waals surface area contributed by atoms with Gasteiger partial charge < -0.3 is 14.6 Å². The van der Waals surface area contributed by atoms with Crippen molar-refractivity contribution in [1.82, 2.24) is 9.97 Å². The zero-order chi connectivity index (χ0) is 24.8. The van der Waals surface area contributed by atoms with Gasteiger partial charge in [-0.25, -0.2) is 19.2 Å². The summed E-state index contributed by atoms with van der Waals surface area (Å²) in [5, 5.41) is 10.4. The van der Waals surface area contributed by atoms with Gasteiger partial charge in [-0.3, -0.25) is 0 Å². The van der Waals surface area contributed by atoms with Crippen LogP contribution in [0.2, 0.25) is 0 Å². The maximum absolute atomic E-state index is 13.9. The molecular formula is C28H25FN2O4. The van der Waals surface area contributed by atoms with Crippen molar-refractivity contribution >= 4 is 5.97 Å². The summed E-state index contributed by atoms with van der Waals surface area (Å²) in [7, 11) is 0. The number of aromatic nitrogens is 2. The van der Waals surface area contributed by atoms with Crippen LogP contribution in [0.25, 0.3) is 0 Å². The minimum Gasteiger partial charge on any atom is -0.478 e. The fraction of sp³-hybridized carbons (Fsp3) is 0.179. The first-order valence-corrected chi connectivity index (χ1v) is 11.1. The monoisotopic (exact) mass is 472 g/mol. The van der Waals surface area contributed by atoms with Crippen molar-refractivity contribution in [2.45, 2.75) is 32.2 Å². The molecule has 1 aromatic heterocycles. The topological polar surface area (TPSA) is 81.5 Å². The first-order valence-electron chi connectivity index (χ1n) is 11.1. The summed E-state index contributed by atoms with van der Waals surface area (Å²) in [6.07, 6.45) is -1.60. The van der Waals surface area contributed by atoms with Crippen LogP contribution in [-0.2, 0) is 21.7 Å². The van der Waals surface area contributed by atoms with Gasteiger partial charge in [0.05, 0.1) is 6.61 Å². The van der Waals surface area contributed by atoms with Crippen molar-refractivity contribution < 1.29 is 23.8 Å². The van der Waals surface area contributed by atoms with Crippen molar-refractivity contribution in [2.24, 2.45) is 0 Å². The van der Waals surface area contributed by atoms with Gasteiger partial charge in [-0.15, -0.1) is 0 Å². The van der Waals surface area contributed by atoms with Gasteiger partial charge in [-0.1, -0.05) is 72.8 Å². The van der Waals surface area contributed by atoms with E-state index in [4.69, 9.17) is 9.47 Å². The Labute approximate surface area is 203 Å². The molecule has 0 aliphatic rings. The Kier molecular flexibility index (Phi) is 7.17. The lowest BCUT2D eigenvalue weighted by atomic mass is 9.81. The molecule has 0 unspecified atom stereocenters. The third kappa shape index (κ3) is 5.36. The molecule has 1 N–H and O–H groups in total. The fourth-order valence-electron chi connectivity index (χ4n) is 4.03. The van der Waals surface area contributed by atoms with E-state index in [2.05, 4.69) is 9.97 Å². The summed E-state index contributed by atoms with van der Waals surface area (Å²) in [5.41, 5.74) is 1.39. The molecule has 0 aliphatic heterocycles. The van der Waals surface area contributed by atoms with Crippen LogP contribution in [0.1, 0.15) is 28.1 Å². The van der Waals surface area contributed by atoms with Crippen molar-refractivity contribution in [3.05, 3.63) is 125 Å². The highest BCUT2D eigenvalue weighted by Crippen LogP contribution is 2.40. The molecule has 0 aliphatic carbocycles. The standard InChI is InChI=1S/C28H25FN2O4/c1-19-17-20(2)31-27(30-19)35-25(26(32)33)28(22-11-7-4-8-12-22,23-13-15-24(29)16-14-23)34-18-21-9-5-3-6-10-21/h3-17,25H,18H2,1-2H3,(H,32,33)/t25-,28-/m0/s1. The summed E-state index contributed by atoms with van der Waals surface area (Å²) in [5.74, 6) is -1.74. The highest BCUT2D eigenvalue weighted by Gasteiger charge is 2.50. The molecule has 0 amide bonds. The minimum absolute atomic E-state index is 0.0773. The molecule has 0 saturated carbocycles. The molecule has 2 atom stereocenters. The van der Waals surface area contributed by atoms with Crippen LogP contribution in [0.15, 0.2) is 91.0 Å². The second-order valence-electron chi connectivity index (χ2n) is 8.15. The third-order valence-corrected chi connectivity index (χ3v) is 5.56. The number of carboxylic acids is 1. The van der Waals surface area contributed by atoms with E-state index in [1.807, 2.05) is 36.4 Å². The maximum atomic E-state index is 13.9. The quantitative estimate of drug-likeness (QED) is 0.360. The van der Waals surface area contributed by atoms with Gasteiger partial charge in [0, 0.05) is 11.4 Å². The molecule has 4 aromatic rings. The van der Waals surface area contributed by atoms with E-state index in [9.17, 15) is 14.3 Å². The van der Waals surface area contributed by atoms with Crippen LogP contribution >= 0.6 is 0 Å². The Hall–Kier alpha value is -4.10. The van der Waals surface area contributed by atoms with Crippen LogP contribution < -0.4 is 4.74 Å². The van der Waals surface area contributed by atoms with Gasteiger partial charge >= 0.3 is 12.0 Å². The number of hydrogen-bond donors (Lipinski definition) is 1. The van der Waals surface area contributed by atoms with Gasteiger partial charge in [0.25, 0.3) is 0 Å². The number of aliphatic carboxylic acids is 1. The smallest absolute Gasteiger partial charge is 0.348 e. The van der Waals surface area contributed by atoms with Crippen molar-refractivity contribution in [1.29, 1.82) is 0 Å². The summed E-state index contributed by atoms with van der Waals surface area (Å²) < 4.78 is 26.4. The van der Waals surface area contributed by atoms with Gasteiger partial charge in [0.2, 0.25) is 6.10 Å². The Morgan fingerprint density at radius 3 is 2.00 bits per heavy atom. The average molecular weight is 473 g/mol. The molecule has 35 heavy (non-hydrogen) atoms. The number of nitrogens with zero attached hydrogens (tertiary/aromatic N) is 2. The number of aryl methyl sites for hydroxylation is 2. The molecule has 0 saturated heterocycles. The number of halogens is 1. The molecule has 1 heterocycles. The van der Waals surface area contributed by atoms with Crippen LogP contribution in [-0.4, -0.2) is 27.1 Å². The summed E-state index contributed by atoms with van der Waals surface area (Å²) in [4.78, 5) is 21.4. The number of ether oxygens (including phenoxy) is 2. The largest absolute Gasteiger partial charge is 0.478 e. The first-order chi connectivity index (χ1) is 16.9. The second kappa shape index (κ2) is 10.4. The Morgan fingerprint density at radius 1 is 0.886 bits per heavy atom. The number of carboxylic acid groups (broad SMARTS) is 1. The first kappa shape index (κ1) is 24.0. The molecule has 0 spiro atoms. The minimum atomic E-state index is -1.66. The Balaban J connectivity index is 1.91. The number of benzene rings is 3. The summed E-state index contributed by atoms with van der Waals surface area (Å²) in [6.45, 7) is 3.62. The van der Waals surface area contributed by atoms with E-state index in [-0.39, 0.29) is 12.6 Å². The van der Waals surface area contributed by atoms with Crippen LogP contribution in [0.4, 0.5) is 4.39 Å². The van der Waals surface area contributed by atoms with E-state index in [0.29, 0.717) is 22.5 Å². The predicted molar refractivity (Wildman–Crippen MR) is 128 cm³/mol. The average Bonchev–Trinajstić information content (AvgIpc) is 2.85. The number of hydrogen-bond acceptors (Lipinski definition) is 5. The number of carbonyl (C=O) groups is 1. The summed E-state index contributed by atoms with van der Waals surface area (Å²) in [6, 6.07) is 25.5. The molecular weight excluding hydrogens is 447 g/mol. The summed E-state index contributed by atoms with van der Waals surface area (Å²) >= 11 is 0. The third-order valence-electron chi connectivity index (χ3n) is 5.56. The van der Waals surface area contributed by atoms with E-state index in [1.165, 1.54) is 24.3 Å². The molecule has 0 bridgehead atoms. The lowest BCUT2D eigenvalue weighted by molar-refractivity contribution is -0.166. The zero-order valence-electron chi connectivity index (χ0n) is 19.4. The van der Waals surface area contributed by atoms with Gasteiger partial charge in [0.15, 0.2) is 5.60 Å². The van der Waals surface area contributed by atoms with Gasteiger partial charge in [-0.05, 0) is 48.7 Å². The van der Waals surface area contributed by atoms with Gasteiger partial charge in [-0.2, -0.15) is 0 Å². The van der Waals surface area contributed by atoms with Crippen molar-refractivity contribution in [3.8, 4) is 6.01 Å². The maximum Gasteiger partial charge on any atom is 0.348 e. The molecule has 0 fully saturated rings. The Bertz CT molecular complexity index is 1260. The van der Waals surface area contributed by atoms with E-state index in [1.54, 1.807) is 44.2 Å². The van der Waals surface area contributed by atoms with Gasteiger partial charge in [0.1, 0.15) is 5.82 Å². The van der Waals surface area contributed by atoms with Crippen molar-refractivity contribution in [3.63, 3.8) is 0 Å². The van der Waals surface area contributed by atoms with Crippen LogP contribution in [0, 0.1) is 19.7 Å². The molecule has 4 rings (SSSR count). The SMILES string of the molecule is Cc1cc(C)nc(O[C@@H](C(=O)O)[C@](OCc2ccccc2)(c2ccccc2)c2ccc(F)cc2)n1. The van der Waals surface area contributed by atoms with E-state index in [0.717, 1.165) is 5.56 Å². The Morgan fingerprint density at radius 2 is 1.43 bits per heavy atom. The highest BCUT2D eigenvalue weighted by atomic mass is 19.1. The molecule has 178 valence electrons. The fourth-order valence-corrected chi connectivity index (χ4v) is 4.03. The van der Waals surface area contributed by atoms with E-state index < -0.39 is 23.5 Å². The molecule has 7 heteroatoms. The second-order valence-corrected chi connectivity index (χ2v) is 8.15. The van der Waals surface area contributed by atoms with E-state index >= 15 is 0 Å². The molecule has 6 nitrogen and oxygen atoms in total. The lowest BCUT2D eigenvalue weighted by Crippen LogP contribution is -2.51. The van der Waals surface area contributed by atoms with Crippen LogP contribution in [0.5, 0.6) is 6.01 Å². The van der Waals surface area contributed by atoms with Crippen molar-refractivity contribution in [2.75, 3.05) is 0 Å². The lowest BCUT2D eigenvalue weighted by Gasteiger charge is -2.39.